The topological polar surface area (TPSA) is 12.0 Å². The summed E-state index contributed by atoms with van der Waals surface area (Å²) >= 11 is 1.90. The average molecular weight is 456 g/mol. The van der Waals surface area contributed by atoms with Crippen LogP contribution in [0.15, 0.2) is 91.0 Å². The molecule has 1 aliphatic rings. The number of rotatable bonds is 2. The van der Waals surface area contributed by atoms with Crippen molar-refractivity contribution in [3.8, 4) is 11.1 Å². The molecule has 1 heterocycles. The van der Waals surface area contributed by atoms with Crippen molar-refractivity contribution in [2.75, 3.05) is 5.32 Å². The van der Waals surface area contributed by atoms with E-state index in [1.54, 1.807) is 0 Å². The third kappa shape index (κ3) is 2.66. The fourth-order valence-electron chi connectivity index (χ4n) is 5.82. The van der Waals surface area contributed by atoms with Gasteiger partial charge in [0.05, 0.1) is 10.4 Å². The predicted molar refractivity (Wildman–Crippen MR) is 149 cm³/mol. The van der Waals surface area contributed by atoms with Crippen molar-refractivity contribution in [2.24, 2.45) is 0 Å². The molecule has 0 radical (unpaired) electrons. The molecular formula is C32H25NS. The van der Waals surface area contributed by atoms with Gasteiger partial charge in [-0.25, -0.2) is 0 Å². The smallest absolute Gasteiger partial charge is 0.0597 e. The second-order valence-corrected chi connectivity index (χ2v) is 11.0. The molecule has 0 fully saturated rings. The molecule has 0 atom stereocenters. The van der Waals surface area contributed by atoms with E-state index < -0.39 is 0 Å². The van der Waals surface area contributed by atoms with Gasteiger partial charge in [0.15, 0.2) is 0 Å². The average Bonchev–Trinajstić information content (AvgIpc) is 3.35. The van der Waals surface area contributed by atoms with E-state index >= 15 is 0 Å². The summed E-state index contributed by atoms with van der Waals surface area (Å²) < 4.78 is 2.70. The molecule has 1 N–H and O–H groups in total. The Hall–Kier alpha value is -3.62. The molecule has 7 rings (SSSR count). The Labute approximate surface area is 203 Å². The van der Waals surface area contributed by atoms with Gasteiger partial charge in [-0.15, -0.1) is 11.3 Å². The Balaban J connectivity index is 1.44. The minimum Gasteiger partial charge on any atom is -0.354 e. The molecule has 0 bridgehead atoms. The second kappa shape index (κ2) is 6.94. The van der Waals surface area contributed by atoms with Crippen LogP contribution in [0.1, 0.15) is 30.5 Å². The van der Waals surface area contributed by atoms with Crippen LogP contribution in [0.25, 0.3) is 42.1 Å². The number of thiophene rings is 1. The van der Waals surface area contributed by atoms with Crippen LogP contribution in [0.4, 0.5) is 11.4 Å². The van der Waals surface area contributed by atoms with Crippen LogP contribution in [0.5, 0.6) is 0 Å². The summed E-state index contributed by atoms with van der Waals surface area (Å²) in [4.78, 5) is 0. The van der Waals surface area contributed by atoms with Gasteiger partial charge in [-0.3, -0.25) is 0 Å². The highest BCUT2D eigenvalue weighted by Gasteiger charge is 2.35. The second-order valence-electron chi connectivity index (χ2n) is 9.96. The van der Waals surface area contributed by atoms with Crippen LogP contribution >= 0.6 is 11.3 Å². The van der Waals surface area contributed by atoms with Crippen molar-refractivity contribution >= 4 is 53.7 Å². The first-order valence-corrected chi connectivity index (χ1v) is 12.7. The molecule has 1 nitrogen and oxygen atoms in total. The Kier molecular flexibility index (Phi) is 4.05. The molecule has 0 amide bonds. The standard InChI is InChI=1S/C32H25NS/c1-19-9-8-13-25-29-22-11-5-4-10-20(22)17-28(31(29)34-30(19)25)33-21-15-16-24-23-12-6-7-14-26(23)32(2,3)27(24)18-21/h4-18,33H,1-3H3. The monoisotopic (exact) mass is 455 g/mol. The molecule has 5 aromatic carbocycles. The predicted octanol–water partition coefficient (Wildman–Crippen LogP) is 9.57. The van der Waals surface area contributed by atoms with Crippen LogP contribution in [0.3, 0.4) is 0 Å². The maximum absolute atomic E-state index is 3.82. The van der Waals surface area contributed by atoms with E-state index in [0.29, 0.717) is 0 Å². The van der Waals surface area contributed by atoms with Crippen LogP contribution in [-0.2, 0) is 5.41 Å². The molecule has 0 saturated heterocycles. The summed E-state index contributed by atoms with van der Waals surface area (Å²) in [6.07, 6.45) is 0. The SMILES string of the molecule is Cc1cccc2c1sc1c(Nc3ccc4c(c3)C(C)(C)c3ccccc3-4)cc3ccccc3c12. The fraction of sp³-hybridized carbons (Fsp3) is 0.125. The van der Waals surface area contributed by atoms with E-state index in [2.05, 4.69) is 117 Å². The summed E-state index contributed by atoms with van der Waals surface area (Å²) in [5.41, 5.74) is 9.18. The molecule has 6 aromatic rings. The molecule has 34 heavy (non-hydrogen) atoms. The Morgan fingerprint density at radius 1 is 0.676 bits per heavy atom. The number of anilines is 2. The van der Waals surface area contributed by atoms with E-state index in [0.717, 1.165) is 5.69 Å². The number of nitrogens with one attached hydrogen (secondary N) is 1. The zero-order valence-corrected chi connectivity index (χ0v) is 20.4. The first-order chi connectivity index (χ1) is 16.5. The lowest BCUT2D eigenvalue weighted by Gasteiger charge is -2.22. The Morgan fingerprint density at radius 2 is 1.44 bits per heavy atom. The van der Waals surface area contributed by atoms with Gasteiger partial charge >= 0.3 is 0 Å². The van der Waals surface area contributed by atoms with Gasteiger partial charge in [0, 0.05) is 26.6 Å². The van der Waals surface area contributed by atoms with Crippen molar-refractivity contribution in [2.45, 2.75) is 26.2 Å². The van der Waals surface area contributed by atoms with Crippen LogP contribution in [0.2, 0.25) is 0 Å². The largest absolute Gasteiger partial charge is 0.354 e. The van der Waals surface area contributed by atoms with Crippen LogP contribution < -0.4 is 5.32 Å². The Bertz CT molecular complexity index is 1770. The van der Waals surface area contributed by atoms with E-state index in [1.807, 2.05) is 11.3 Å². The highest BCUT2D eigenvalue weighted by Crippen LogP contribution is 2.50. The molecule has 2 heteroatoms. The van der Waals surface area contributed by atoms with E-state index in [9.17, 15) is 0 Å². The summed E-state index contributed by atoms with van der Waals surface area (Å²) in [5.74, 6) is 0. The van der Waals surface area contributed by atoms with Crippen molar-refractivity contribution in [1.82, 2.24) is 0 Å². The quantitative estimate of drug-likeness (QED) is 0.274. The van der Waals surface area contributed by atoms with Crippen molar-refractivity contribution in [3.63, 3.8) is 0 Å². The number of aryl methyl sites for hydroxylation is 1. The minimum absolute atomic E-state index is 0.00293. The summed E-state index contributed by atoms with van der Waals surface area (Å²) in [7, 11) is 0. The molecule has 0 spiro atoms. The normalized spacial score (nSPS) is 14.0. The van der Waals surface area contributed by atoms with E-state index in [-0.39, 0.29) is 5.41 Å². The highest BCUT2D eigenvalue weighted by molar-refractivity contribution is 7.26. The first kappa shape index (κ1) is 19.8. The molecule has 0 unspecified atom stereocenters. The van der Waals surface area contributed by atoms with Crippen molar-refractivity contribution in [3.05, 3.63) is 108 Å². The minimum atomic E-state index is -0.00293. The van der Waals surface area contributed by atoms with Crippen molar-refractivity contribution < 1.29 is 0 Å². The van der Waals surface area contributed by atoms with Gasteiger partial charge < -0.3 is 5.32 Å². The van der Waals surface area contributed by atoms with Crippen molar-refractivity contribution in [1.29, 1.82) is 0 Å². The molecule has 1 aromatic heterocycles. The maximum atomic E-state index is 3.82. The zero-order valence-electron chi connectivity index (χ0n) is 19.6. The third-order valence-electron chi connectivity index (χ3n) is 7.55. The summed E-state index contributed by atoms with van der Waals surface area (Å²) in [6, 6.07) is 33.4. The summed E-state index contributed by atoms with van der Waals surface area (Å²) in [6.45, 7) is 6.89. The summed E-state index contributed by atoms with van der Waals surface area (Å²) in [5, 5.41) is 9.13. The number of benzene rings is 5. The van der Waals surface area contributed by atoms with E-state index in [4.69, 9.17) is 0 Å². The lowest BCUT2D eigenvalue weighted by atomic mass is 9.82. The van der Waals surface area contributed by atoms with Gasteiger partial charge in [0.2, 0.25) is 0 Å². The highest BCUT2D eigenvalue weighted by atomic mass is 32.1. The third-order valence-corrected chi connectivity index (χ3v) is 8.92. The molecular weight excluding hydrogens is 430 g/mol. The lowest BCUT2D eigenvalue weighted by Crippen LogP contribution is -2.15. The van der Waals surface area contributed by atoms with Crippen LogP contribution in [-0.4, -0.2) is 0 Å². The van der Waals surface area contributed by atoms with Gasteiger partial charge in [-0.2, -0.15) is 0 Å². The van der Waals surface area contributed by atoms with Gasteiger partial charge in [0.1, 0.15) is 0 Å². The molecule has 0 aliphatic heterocycles. The number of fused-ring (bicyclic) bond motifs is 8. The van der Waals surface area contributed by atoms with Gasteiger partial charge in [-0.05, 0) is 63.7 Å². The molecule has 164 valence electrons. The zero-order chi connectivity index (χ0) is 23.0. The van der Waals surface area contributed by atoms with E-state index in [1.165, 1.54) is 64.4 Å². The maximum Gasteiger partial charge on any atom is 0.0597 e. The lowest BCUT2D eigenvalue weighted by molar-refractivity contribution is 0.660. The van der Waals surface area contributed by atoms with Gasteiger partial charge in [-0.1, -0.05) is 86.6 Å². The number of hydrogen-bond donors (Lipinski definition) is 1. The van der Waals surface area contributed by atoms with Gasteiger partial charge in [0.25, 0.3) is 0 Å². The van der Waals surface area contributed by atoms with Crippen LogP contribution in [0, 0.1) is 6.92 Å². The first-order valence-electron chi connectivity index (χ1n) is 11.9. The number of hydrogen-bond acceptors (Lipinski definition) is 2. The molecule has 1 aliphatic carbocycles. The Morgan fingerprint density at radius 3 is 2.35 bits per heavy atom. The fourth-order valence-corrected chi connectivity index (χ4v) is 7.07. The molecule has 0 saturated carbocycles.